The van der Waals surface area contributed by atoms with Gasteiger partial charge in [-0.3, -0.25) is 4.79 Å². The van der Waals surface area contributed by atoms with Crippen molar-refractivity contribution in [1.82, 2.24) is 15.2 Å². The second kappa shape index (κ2) is 7.67. The molecule has 0 radical (unpaired) electrons. The summed E-state index contributed by atoms with van der Waals surface area (Å²) in [6.07, 6.45) is 0. The van der Waals surface area contributed by atoms with Crippen LogP contribution < -0.4 is 16.2 Å². The number of hydrogen-bond acceptors (Lipinski definition) is 5. The maximum absolute atomic E-state index is 12.2. The fourth-order valence-corrected chi connectivity index (χ4v) is 3.98. The zero-order chi connectivity index (χ0) is 19.7. The average Bonchev–Trinajstić information content (AvgIpc) is 3.09. The summed E-state index contributed by atoms with van der Waals surface area (Å²) in [5.74, 6) is 0. The van der Waals surface area contributed by atoms with Gasteiger partial charge in [0.2, 0.25) is 0 Å². The molecule has 4 aromatic rings. The first-order chi connectivity index (χ1) is 13.5. The summed E-state index contributed by atoms with van der Waals surface area (Å²) in [7, 11) is 0. The molecule has 2 heterocycles. The SMILES string of the molecule is Cc1ccc(-c2n[nH]c(=O)c3nc(NC(=S)Nc4ccc(Cl)cc4)sc23)cc1. The highest BCUT2D eigenvalue weighted by Crippen LogP contribution is 2.31. The first-order valence-corrected chi connectivity index (χ1v) is 9.90. The fraction of sp³-hybridized carbons (Fsp3) is 0.0526. The number of aromatic amines is 1. The topological polar surface area (TPSA) is 82.7 Å². The normalized spacial score (nSPS) is 10.8. The number of fused-ring (bicyclic) bond motifs is 1. The van der Waals surface area contributed by atoms with Crippen LogP contribution in [0.4, 0.5) is 10.8 Å². The van der Waals surface area contributed by atoms with E-state index in [1.807, 2.05) is 43.3 Å². The van der Waals surface area contributed by atoms with Gasteiger partial charge in [-0.1, -0.05) is 52.8 Å². The van der Waals surface area contributed by atoms with Crippen molar-refractivity contribution in [3.8, 4) is 11.3 Å². The van der Waals surface area contributed by atoms with Crippen LogP contribution >= 0.6 is 35.2 Å². The van der Waals surface area contributed by atoms with Crippen LogP contribution in [0.1, 0.15) is 5.56 Å². The number of benzene rings is 2. The molecule has 0 spiro atoms. The molecule has 0 atom stereocenters. The Bertz CT molecular complexity index is 1220. The quantitative estimate of drug-likeness (QED) is 0.407. The smallest absolute Gasteiger partial charge is 0.291 e. The van der Waals surface area contributed by atoms with Gasteiger partial charge in [-0.05, 0) is 43.4 Å². The molecule has 0 aliphatic heterocycles. The maximum Gasteiger partial charge on any atom is 0.291 e. The van der Waals surface area contributed by atoms with E-state index in [4.69, 9.17) is 23.8 Å². The van der Waals surface area contributed by atoms with E-state index in [0.717, 1.165) is 16.8 Å². The summed E-state index contributed by atoms with van der Waals surface area (Å²) >= 11 is 12.6. The minimum absolute atomic E-state index is 0.326. The number of hydrogen-bond donors (Lipinski definition) is 3. The average molecular weight is 428 g/mol. The molecule has 2 aromatic heterocycles. The molecule has 4 rings (SSSR count). The summed E-state index contributed by atoms with van der Waals surface area (Å²) in [6, 6.07) is 15.1. The van der Waals surface area contributed by atoms with E-state index in [2.05, 4.69) is 25.8 Å². The monoisotopic (exact) mass is 427 g/mol. The molecule has 9 heteroatoms. The third kappa shape index (κ3) is 3.89. The van der Waals surface area contributed by atoms with Gasteiger partial charge in [0, 0.05) is 16.3 Å². The van der Waals surface area contributed by atoms with Gasteiger partial charge in [-0.25, -0.2) is 10.1 Å². The van der Waals surface area contributed by atoms with Crippen LogP contribution in [0.3, 0.4) is 0 Å². The third-order valence-corrected chi connectivity index (χ3v) is 5.41. The van der Waals surface area contributed by atoms with Gasteiger partial charge in [-0.15, -0.1) is 0 Å². The largest absolute Gasteiger partial charge is 0.332 e. The number of thiocarbonyl (C=S) groups is 1. The van der Waals surface area contributed by atoms with Gasteiger partial charge in [0.25, 0.3) is 5.56 Å². The minimum Gasteiger partial charge on any atom is -0.332 e. The molecule has 0 aliphatic rings. The number of rotatable bonds is 3. The van der Waals surface area contributed by atoms with Crippen molar-refractivity contribution in [2.75, 3.05) is 10.6 Å². The molecule has 0 aliphatic carbocycles. The molecule has 28 heavy (non-hydrogen) atoms. The first kappa shape index (κ1) is 18.5. The van der Waals surface area contributed by atoms with Gasteiger partial charge in [-0.2, -0.15) is 5.10 Å². The first-order valence-electron chi connectivity index (χ1n) is 8.29. The minimum atomic E-state index is -0.341. The Morgan fingerprint density at radius 1 is 1.11 bits per heavy atom. The maximum atomic E-state index is 12.2. The molecule has 0 saturated carbocycles. The van der Waals surface area contributed by atoms with Crippen molar-refractivity contribution in [1.29, 1.82) is 0 Å². The van der Waals surface area contributed by atoms with Crippen molar-refractivity contribution in [3.63, 3.8) is 0 Å². The number of thiazole rings is 1. The van der Waals surface area contributed by atoms with Crippen LogP contribution in [0.5, 0.6) is 0 Å². The lowest BCUT2D eigenvalue weighted by molar-refractivity contribution is 1.01. The van der Waals surface area contributed by atoms with Crippen LogP contribution in [0.25, 0.3) is 21.5 Å². The number of halogens is 1. The number of nitrogens with one attached hydrogen (secondary N) is 3. The number of anilines is 2. The molecule has 0 saturated heterocycles. The van der Waals surface area contributed by atoms with Crippen LogP contribution in [-0.4, -0.2) is 20.3 Å². The molecular weight excluding hydrogens is 414 g/mol. The van der Waals surface area contributed by atoms with Gasteiger partial charge in [0.15, 0.2) is 15.8 Å². The van der Waals surface area contributed by atoms with E-state index in [1.54, 1.807) is 12.1 Å². The Kier molecular flexibility index (Phi) is 5.08. The summed E-state index contributed by atoms with van der Waals surface area (Å²) in [4.78, 5) is 16.6. The number of H-pyrrole nitrogens is 1. The summed E-state index contributed by atoms with van der Waals surface area (Å²) in [5.41, 5.74) is 3.51. The van der Waals surface area contributed by atoms with Crippen LogP contribution in [0.15, 0.2) is 53.3 Å². The Morgan fingerprint density at radius 2 is 1.82 bits per heavy atom. The molecule has 0 fully saturated rings. The van der Waals surface area contributed by atoms with Gasteiger partial charge in [0.05, 0.1) is 4.70 Å². The molecule has 0 bridgehead atoms. The number of aromatic nitrogens is 3. The van der Waals surface area contributed by atoms with E-state index in [1.165, 1.54) is 11.3 Å². The van der Waals surface area contributed by atoms with Gasteiger partial charge in [0.1, 0.15) is 5.69 Å². The molecule has 0 amide bonds. The van der Waals surface area contributed by atoms with E-state index in [0.29, 0.717) is 31.2 Å². The van der Waals surface area contributed by atoms with E-state index in [-0.39, 0.29) is 5.56 Å². The van der Waals surface area contributed by atoms with Crippen molar-refractivity contribution >= 4 is 61.3 Å². The second-order valence-corrected chi connectivity index (χ2v) is 7.89. The molecule has 6 nitrogen and oxygen atoms in total. The van der Waals surface area contributed by atoms with Crippen LogP contribution in [-0.2, 0) is 0 Å². The molecule has 140 valence electrons. The molecule has 2 aromatic carbocycles. The predicted molar refractivity (Wildman–Crippen MR) is 120 cm³/mol. The lowest BCUT2D eigenvalue weighted by atomic mass is 10.1. The summed E-state index contributed by atoms with van der Waals surface area (Å²) in [6.45, 7) is 2.02. The molecule has 0 unspecified atom stereocenters. The predicted octanol–water partition coefficient (Wildman–Crippen LogP) is 4.82. The lowest BCUT2D eigenvalue weighted by Crippen LogP contribution is -2.19. The van der Waals surface area contributed by atoms with Crippen molar-refractivity contribution in [3.05, 3.63) is 69.5 Å². The zero-order valence-electron chi connectivity index (χ0n) is 14.6. The van der Waals surface area contributed by atoms with Gasteiger partial charge < -0.3 is 10.6 Å². The highest BCUT2D eigenvalue weighted by Gasteiger charge is 2.15. The van der Waals surface area contributed by atoms with Crippen LogP contribution in [0.2, 0.25) is 5.02 Å². The van der Waals surface area contributed by atoms with Crippen molar-refractivity contribution < 1.29 is 0 Å². The van der Waals surface area contributed by atoms with Crippen molar-refractivity contribution in [2.24, 2.45) is 0 Å². The fourth-order valence-electron chi connectivity index (χ4n) is 2.60. The Balaban J connectivity index is 1.63. The van der Waals surface area contributed by atoms with Crippen molar-refractivity contribution in [2.45, 2.75) is 6.92 Å². The Hall–Kier alpha value is -2.81. The Morgan fingerprint density at radius 3 is 2.54 bits per heavy atom. The summed E-state index contributed by atoms with van der Waals surface area (Å²) < 4.78 is 0.699. The Labute approximate surface area is 174 Å². The number of nitrogens with zero attached hydrogens (tertiary/aromatic N) is 2. The van der Waals surface area contributed by atoms with E-state index in [9.17, 15) is 4.79 Å². The van der Waals surface area contributed by atoms with E-state index < -0.39 is 0 Å². The number of aryl methyl sites for hydroxylation is 1. The zero-order valence-corrected chi connectivity index (χ0v) is 17.0. The lowest BCUT2D eigenvalue weighted by Gasteiger charge is -2.07. The second-order valence-electron chi connectivity index (χ2n) is 6.05. The van der Waals surface area contributed by atoms with Crippen LogP contribution in [0, 0.1) is 6.92 Å². The highest BCUT2D eigenvalue weighted by atomic mass is 35.5. The van der Waals surface area contributed by atoms with E-state index >= 15 is 0 Å². The standard InChI is InChI=1S/C19H14ClN5OS2/c1-10-2-4-11(5-3-10)14-16-15(17(26)25-24-14)22-19(28-16)23-18(27)21-13-8-6-12(20)7-9-13/h2-9H,1H3,(H,25,26)(H2,21,22,23,27). The summed E-state index contributed by atoms with van der Waals surface area (Å²) in [5, 5.41) is 14.3. The van der Waals surface area contributed by atoms with Gasteiger partial charge >= 0.3 is 0 Å². The molecule has 3 N–H and O–H groups in total. The molecular formula is C19H14ClN5OS2. The highest BCUT2D eigenvalue weighted by molar-refractivity contribution is 7.80. The third-order valence-electron chi connectivity index (χ3n) is 3.97.